The number of fused-ring (bicyclic) bond motifs is 1. The maximum atomic E-state index is 12.2. The highest BCUT2D eigenvalue weighted by molar-refractivity contribution is 9.24. The molecular formula is C16H9Br2ClO2S. The second-order valence-corrected chi connectivity index (χ2v) is 8.90. The van der Waals surface area contributed by atoms with Gasteiger partial charge in [-0.1, -0.05) is 61.7 Å². The number of esters is 1. The Hall–Kier alpha value is -0.880. The zero-order valence-electron chi connectivity index (χ0n) is 11.1. The normalized spacial score (nSPS) is 11.1. The lowest BCUT2D eigenvalue weighted by Gasteiger charge is -2.08. The summed E-state index contributed by atoms with van der Waals surface area (Å²) in [5.41, 5.74) is 1.57. The molecule has 1 aromatic heterocycles. The van der Waals surface area contributed by atoms with Crippen molar-refractivity contribution in [1.29, 1.82) is 0 Å². The van der Waals surface area contributed by atoms with E-state index in [0.717, 1.165) is 15.6 Å². The first-order valence-corrected chi connectivity index (χ1v) is 9.41. The Balaban J connectivity index is 1.98. The molecule has 2 aromatic carbocycles. The van der Waals surface area contributed by atoms with Gasteiger partial charge in [0.1, 0.15) is 0 Å². The second kappa shape index (κ2) is 6.71. The van der Waals surface area contributed by atoms with Crippen LogP contribution in [0.3, 0.4) is 0 Å². The summed E-state index contributed by atoms with van der Waals surface area (Å²) in [5.74, 6) is -0.0591. The van der Waals surface area contributed by atoms with Crippen LogP contribution in [-0.4, -0.2) is 5.97 Å². The fraction of sp³-hybridized carbons (Fsp3) is 0.0625. The lowest BCUT2D eigenvalue weighted by Crippen LogP contribution is -2.08. The van der Waals surface area contributed by atoms with E-state index in [-0.39, 0.29) is 3.74 Å². The monoisotopic (exact) mass is 458 g/mol. The molecule has 0 spiro atoms. The Morgan fingerprint density at radius 3 is 2.59 bits per heavy atom. The Bertz CT molecular complexity index is 831. The number of benzene rings is 2. The van der Waals surface area contributed by atoms with E-state index in [1.807, 2.05) is 17.5 Å². The summed E-state index contributed by atoms with van der Waals surface area (Å²) in [5, 5.41) is 3.47. The SMILES string of the molecule is O=C(Oc1cc2c(C(Br)Br)csc2cc1Cl)c1ccccc1. The van der Waals surface area contributed by atoms with Gasteiger partial charge in [0, 0.05) is 10.1 Å². The summed E-state index contributed by atoms with van der Waals surface area (Å²) in [6, 6.07) is 12.5. The van der Waals surface area contributed by atoms with Gasteiger partial charge in [-0.3, -0.25) is 0 Å². The highest BCUT2D eigenvalue weighted by atomic mass is 79.9. The molecule has 0 bridgehead atoms. The molecular weight excluding hydrogens is 452 g/mol. The molecule has 0 saturated carbocycles. The predicted molar refractivity (Wildman–Crippen MR) is 98.8 cm³/mol. The third-order valence-electron chi connectivity index (χ3n) is 3.11. The van der Waals surface area contributed by atoms with Crippen LogP contribution in [0.25, 0.3) is 10.1 Å². The summed E-state index contributed by atoms with van der Waals surface area (Å²) >= 11 is 14.8. The van der Waals surface area contributed by atoms with Gasteiger partial charge in [0.05, 0.1) is 14.3 Å². The third-order valence-corrected chi connectivity index (χ3v) is 5.35. The first-order valence-electron chi connectivity index (χ1n) is 6.32. The highest BCUT2D eigenvalue weighted by Crippen LogP contribution is 2.41. The largest absolute Gasteiger partial charge is 0.421 e. The number of halogens is 3. The summed E-state index contributed by atoms with van der Waals surface area (Å²) < 4.78 is 6.53. The van der Waals surface area contributed by atoms with E-state index in [9.17, 15) is 4.79 Å². The minimum atomic E-state index is -0.423. The number of hydrogen-bond donors (Lipinski definition) is 0. The molecule has 0 N–H and O–H groups in total. The van der Waals surface area contributed by atoms with Crippen molar-refractivity contribution in [3.8, 4) is 5.75 Å². The van der Waals surface area contributed by atoms with Crippen LogP contribution >= 0.6 is 54.8 Å². The number of carbonyl (C=O) groups is 1. The van der Waals surface area contributed by atoms with Crippen molar-refractivity contribution < 1.29 is 9.53 Å². The van der Waals surface area contributed by atoms with Crippen molar-refractivity contribution in [3.05, 3.63) is 64.0 Å². The van der Waals surface area contributed by atoms with Crippen molar-refractivity contribution >= 4 is 70.9 Å². The summed E-state index contributed by atoms with van der Waals surface area (Å²) in [7, 11) is 0. The van der Waals surface area contributed by atoms with Crippen LogP contribution in [0, 0.1) is 0 Å². The minimum absolute atomic E-state index is 0.0348. The smallest absolute Gasteiger partial charge is 0.343 e. The van der Waals surface area contributed by atoms with Gasteiger partial charge in [-0.25, -0.2) is 4.79 Å². The molecule has 2 nitrogen and oxygen atoms in total. The summed E-state index contributed by atoms with van der Waals surface area (Å²) in [4.78, 5) is 12.2. The van der Waals surface area contributed by atoms with Gasteiger partial charge in [0.25, 0.3) is 0 Å². The molecule has 112 valence electrons. The van der Waals surface area contributed by atoms with Crippen molar-refractivity contribution in [2.75, 3.05) is 0 Å². The Kier molecular flexibility index (Phi) is 4.88. The molecule has 0 fully saturated rings. The molecule has 0 amide bonds. The van der Waals surface area contributed by atoms with E-state index >= 15 is 0 Å². The van der Waals surface area contributed by atoms with E-state index in [0.29, 0.717) is 16.3 Å². The fourth-order valence-electron chi connectivity index (χ4n) is 2.03. The molecule has 0 radical (unpaired) electrons. The maximum absolute atomic E-state index is 12.2. The lowest BCUT2D eigenvalue weighted by molar-refractivity contribution is 0.0735. The zero-order chi connectivity index (χ0) is 15.7. The van der Waals surface area contributed by atoms with Gasteiger partial charge in [-0.05, 0) is 35.2 Å². The van der Waals surface area contributed by atoms with Crippen molar-refractivity contribution in [3.63, 3.8) is 0 Å². The van der Waals surface area contributed by atoms with Crippen molar-refractivity contribution in [2.45, 2.75) is 3.74 Å². The zero-order valence-corrected chi connectivity index (χ0v) is 15.8. The first kappa shape index (κ1) is 16.0. The van der Waals surface area contributed by atoms with Gasteiger partial charge in [-0.2, -0.15) is 0 Å². The number of ether oxygens (including phenoxy) is 1. The molecule has 1 heterocycles. The number of alkyl halides is 2. The summed E-state index contributed by atoms with van der Waals surface area (Å²) in [6.07, 6.45) is 0. The predicted octanol–water partition coefficient (Wildman–Crippen LogP) is 6.56. The van der Waals surface area contributed by atoms with E-state index in [2.05, 4.69) is 31.9 Å². The van der Waals surface area contributed by atoms with Gasteiger partial charge in [0.15, 0.2) is 5.75 Å². The molecule has 0 unspecified atom stereocenters. The standard InChI is InChI=1S/C16H9Br2ClO2S/c17-15(18)11-8-22-14-7-12(19)13(6-10(11)14)21-16(20)9-4-2-1-3-5-9/h1-8,15H. The molecule has 0 aliphatic rings. The lowest BCUT2D eigenvalue weighted by atomic mass is 10.2. The number of rotatable bonds is 3. The van der Waals surface area contributed by atoms with Crippen LogP contribution in [0.1, 0.15) is 19.7 Å². The van der Waals surface area contributed by atoms with Crippen LogP contribution in [-0.2, 0) is 0 Å². The van der Waals surface area contributed by atoms with E-state index in [1.165, 1.54) is 0 Å². The number of hydrogen-bond acceptors (Lipinski definition) is 3. The minimum Gasteiger partial charge on any atom is -0.421 e. The van der Waals surface area contributed by atoms with Crippen LogP contribution < -0.4 is 4.74 Å². The Morgan fingerprint density at radius 2 is 1.91 bits per heavy atom. The molecule has 6 heteroatoms. The molecule has 0 saturated heterocycles. The maximum Gasteiger partial charge on any atom is 0.343 e. The third kappa shape index (κ3) is 3.23. The number of thiophene rings is 1. The van der Waals surface area contributed by atoms with Crippen LogP contribution in [0.2, 0.25) is 5.02 Å². The molecule has 22 heavy (non-hydrogen) atoms. The van der Waals surface area contributed by atoms with Crippen molar-refractivity contribution in [1.82, 2.24) is 0 Å². The highest BCUT2D eigenvalue weighted by Gasteiger charge is 2.16. The molecule has 0 atom stereocenters. The topological polar surface area (TPSA) is 26.3 Å². The van der Waals surface area contributed by atoms with E-state index in [1.54, 1.807) is 41.7 Å². The van der Waals surface area contributed by atoms with Gasteiger partial charge < -0.3 is 4.74 Å². The molecule has 3 aromatic rings. The van der Waals surface area contributed by atoms with E-state index < -0.39 is 5.97 Å². The second-order valence-electron chi connectivity index (χ2n) is 4.53. The van der Waals surface area contributed by atoms with Crippen LogP contribution in [0.15, 0.2) is 47.8 Å². The Morgan fingerprint density at radius 1 is 1.18 bits per heavy atom. The first-order chi connectivity index (χ1) is 10.6. The molecule has 0 aliphatic heterocycles. The average Bonchev–Trinajstić information content (AvgIpc) is 2.91. The van der Waals surface area contributed by atoms with Crippen LogP contribution in [0.5, 0.6) is 5.75 Å². The molecule has 0 aliphatic carbocycles. The van der Waals surface area contributed by atoms with Gasteiger partial charge in [-0.15, -0.1) is 11.3 Å². The summed E-state index contributed by atoms with van der Waals surface area (Å²) in [6.45, 7) is 0. The molecule has 3 rings (SSSR count). The van der Waals surface area contributed by atoms with Crippen molar-refractivity contribution in [2.24, 2.45) is 0 Å². The van der Waals surface area contributed by atoms with E-state index in [4.69, 9.17) is 16.3 Å². The van der Waals surface area contributed by atoms with Crippen LogP contribution in [0.4, 0.5) is 0 Å². The average molecular weight is 461 g/mol. The Labute approximate surface area is 153 Å². The van der Waals surface area contributed by atoms with Gasteiger partial charge >= 0.3 is 5.97 Å². The van der Waals surface area contributed by atoms with Gasteiger partial charge in [0.2, 0.25) is 0 Å². The fourth-order valence-corrected chi connectivity index (χ4v) is 4.41. The number of carbonyl (C=O) groups excluding carboxylic acids is 1. The quantitative estimate of drug-likeness (QED) is 0.251.